The molecule has 0 radical (unpaired) electrons. The van der Waals surface area contributed by atoms with Gasteiger partial charge in [-0.1, -0.05) is 0 Å². The Morgan fingerprint density at radius 3 is 2.12 bits per heavy atom. The van der Waals surface area contributed by atoms with Crippen molar-refractivity contribution in [2.24, 2.45) is 0 Å². The highest BCUT2D eigenvalue weighted by Gasteiger charge is 2.18. The molecule has 1 fully saturated rings. The molecule has 1 aliphatic rings. The number of carbonyl (C=O) groups excluding carboxylic acids is 2. The summed E-state index contributed by atoms with van der Waals surface area (Å²) in [6.45, 7) is 10.1. The second-order valence-electron chi connectivity index (χ2n) is 6.14. The van der Waals surface area contributed by atoms with E-state index in [0.29, 0.717) is 46.1 Å². The standard InChI is InChI=1S/C17H34N4O5/c1-16(22)26-12-9-20-5-7-21(8-6-20)15-17(23)19-4-11-25-14-13-24-10-3-18-2/h18H,3-15H2,1-2H3,(H,19,23). The first-order valence-corrected chi connectivity index (χ1v) is 9.26. The predicted octanol–water partition coefficient (Wildman–Crippen LogP) is -1.46. The number of likely N-dealkylation sites (N-methyl/N-ethyl adjacent to an activating group) is 1. The van der Waals surface area contributed by atoms with Crippen LogP contribution < -0.4 is 10.6 Å². The lowest BCUT2D eigenvalue weighted by atomic mass is 10.3. The number of esters is 1. The van der Waals surface area contributed by atoms with Gasteiger partial charge in [0.1, 0.15) is 6.61 Å². The van der Waals surface area contributed by atoms with Gasteiger partial charge in [0, 0.05) is 52.7 Å². The first-order chi connectivity index (χ1) is 12.6. The molecule has 0 aliphatic carbocycles. The topological polar surface area (TPSA) is 92.4 Å². The SMILES string of the molecule is CNCCOCCOCCNC(=O)CN1CCN(CCOC(C)=O)CC1. The maximum Gasteiger partial charge on any atom is 0.302 e. The molecule has 0 aromatic heterocycles. The Labute approximate surface area is 156 Å². The van der Waals surface area contributed by atoms with Gasteiger partial charge in [0.2, 0.25) is 5.91 Å². The zero-order valence-electron chi connectivity index (χ0n) is 16.1. The second-order valence-corrected chi connectivity index (χ2v) is 6.14. The molecule has 1 rings (SSSR count). The summed E-state index contributed by atoms with van der Waals surface area (Å²) >= 11 is 0. The number of hydrogen-bond acceptors (Lipinski definition) is 8. The molecule has 0 unspecified atom stereocenters. The van der Waals surface area contributed by atoms with Gasteiger partial charge < -0.3 is 24.8 Å². The van der Waals surface area contributed by atoms with Crippen molar-refractivity contribution in [1.29, 1.82) is 0 Å². The molecule has 152 valence electrons. The van der Waals surface area contributed by atoms with Crippen molar-refractivity contribution in [2.45, 2.75) is 6.92 Å². The predicted molar refractivity (Wildman–Crippen MR) is 98.1 cm³/mol. The van der Waals surface area contributed by atoms with Crippen LogP contribution in [0.2, 0.25) is 0 Å². The van der Waals surface area contributed by atoms with Crippen LogP contribution in [0.4, 0.5) is 0 Å². The van der Waals surface area contributed by atoms with Gasteiger partial charge in [0.25, 0.3) is 0 Å². The number of nitrogens with zero attached hydrogens (tertiary/aromatic N) is 2. The van der Waals surface area contributed by atoms with E-state index in [1.807, 2.05) is 7.05 Å². The zero-order chi connectivity index (χ0) is 19.0. The Morgan fingerprint density at radius 1 is 0.885 bits per heavy atom. The lowest BCUT2D eigenvalue weighted by Crippen LogP contribution is -2.50. The Balaban J connectivity index is 1.94. The summed E-state index contributed by atoms with van der Waals surface area (Å²) in [4.78, 5) is 27.1. The van der Waals surface area contributed by atoms with Crippen molar-refractivity contribution in [3.05, 3.63) is 0 Å². The minimum absolute atomic E-state index is 0.0206. The van der Waals surface area contributed by atoms with Crippen LogP contribution in [0.1, 0.15) is 6.92 Å². The lowest BCUT2D eigenvalue weighted by Gasteiger charge is -2.34. The van der Waals surface area contributed by atoms with E-state index in [-0.39, 0.29) is 11.9 Å². The summed E-state index contributed by atoms with van der Waals surface area (Å²) in [5.74, 6) is -0.224. The van der Waals surface area contributed by atoms with Gasteiger partial charge in [0.05, 0.1) is 33.0 Å². The van der Waals surface area contributed by atoms with Gasteiger partial charge in [-0.3, -0.25) is 19.4 Å². The molecule has 0 bridgehead atoms. The number of hydrogen-bond donors (Lipinski definition) is 2. The van der Waals surface area contributed by atoms with Crippen molar-refractivity contribution >= 4 is 11.9 Å². The van der Waals surface area contributed by atoms with Crippen molar-refractivity contribution in [3.8, 4) is 0 Å². The fraction of sp³-hybridized carbons (Fsp3) is 0.882. The molecular formula is C17H34N4O5. The van der Waals surface area contributed by atoms with Crippen LogP contribution in [-0.2, 0) is 23.8 Å². The molecule has 0 aromatic rings. The highest BCUT2D eigenvalue weighted by atomic mass is 16.5. The van der Waals surface area contributed by atoms with Gasteiger partial charge in [-0.05, 0) is 7.05 Å². The molecule has 1 aliphatic heterocycles. The van der Waals surface area contributed by atoms with Gasteiger partial charge in [-0.15, -0.1) is 0 Å². The third-order valence-electron chi connectivity index (χ3n) is 3.98. The van der Waals surface area contributed by atoms with Crippen LogP contribution in [0.15, 0.2) is 0 Å². The van der Waals surface area contributed by atoms with E-state index < -0.39 is 0 Å². The average Bonchev–Trinajstić information content (AvgIpc) is 2.61. The largest absolute Gasteiger partial charge is 0.465 e. The first kappa shape index (κ1) is 22.8. The molecule has 9 nitrogen and oxygen atoms in total. The summed E-state index contributed by atoms with van der Waals surface area (Å²) in [5, 5.41) is 5.87. The summed E-state index contributed by atoms with van der Waals surface area (Å²) in [6, 6.07) is 0. The fourth-order valence-electron chi connectivity index (χ4n) is 2.51. The molecular weight excluding hydrogens is 340 g/mol. The Morgan fingerprint density at radius 2 is 1.50 bits per heavy atom. The van der Waals surface area contributed by atoms with Crippen LogP contribution in [0.3, 0.4) is 0 Å². The maximum absolute atomic E-state index is 11.9. The van der Waals surface area contributed by atoms with E-state index in [0.717, 1.165) is 39.3 Å². The fourth-order valence-corrected chi connectivity index (χ4v) is 2.51. The molecule has 0 aromatic carbocycles. The number of piperazine rings is 1. The monoisotopic (exact) mass is 374 g/mol. The van der Waals surface area contributed by atoms with Crippen LogP contribution >= 0.6 is 0 Å². The van der Waals surface area contributed by atoms with E-state index in [4.69, 9.17) is 14.2 Å². The van der Waals surface area contributed by atoms with Gasteiger partial charge in [-0.25, -0.2) is 0 Å². The Hall–Kier alpha value is -1.26. The number of carbonyl (C=O) groups is 2. The maximum atomic E-state index is 11.9. The van der Waals surface area contributed by atoms with Gasteiger partial charge in [0.15, 0.2) is 0 Å². The smallest absolute Gasteiger partial charge is 0.302 e. The lowest BCUT2D eigenvalue weighted by molar-refractivity contribution is -0.141. The molecule has 1 amide bonds. The summed E-state index contributed by atoms with van der Waals surface area (Å²) in [7, 11) is 1.88. The van der Waals surface area contributed by atoms with Crippen molar-refractivity contribution < 1.29 is 23.8 Å². The van der Waals surface area contributed by atoms with Crippen LogP contribution in [-0.4, -0.2) is 114 Å². The molecule has 0 saturated carbocycles. The Kier molecular flexibility index (Phi) is 13.0. The molecule has 2 N–H and O–H groups in total. The molecule has 1 heterocycles. The summed E-state index contributed by atoms with van der Waals surface area (Å²) in [6.07, 6.45) is 0. The van der Waals surface area contributed by atoms with Crippen molar-refractivity contribution in [3.63, 3.8) is 0 Å². The molecule has 26 heavy (non-hydrogen) atoms. The average molecular weight is 374 g/mol. The highest BCUT2D eigenvalue weighted by Crippen LogP contribution is 2.01. The van der Waals surface area contributed by atoms with E-state index in [1.165, 1.54) is 6.92 Å². The number of nitrogens with one attached hydrogen (secondary N) is 2. The van der Waals surface area contributed by atoms with E-state index >= 15 is 0 Å². The van der Waals surface area contributed by atoms with E-state index in [1.54, 1.807) is 0 Å². The zero-order valence-corrected chi connectivity index (χ0v) is 16.1. The Bertz CT molecular complexity index is 389. The van der Waals surface area contributed by atoms with Crippen molar-refractivity contribution in [1.82, 2.24) is 20.4 Å². The van der Waals surface area contributed by atoms with Crippen LogP contribution in [0.25, 0.3) is 0 Å². The number of rotatable bonds is 14. The summed E-state index contributed by atoms with van der Waals surface area (Å²) in [5.41, 5.74) is 0. The molecule has 0 spiro atoms. The molecule has 9 heteroatoms. The highest BCUT2D eigenvalue weighted by molar-refractivity contribution is 5.78. The van der Waals surface area contributed by atoms with Crippen LogP contribution in [0.5, 0.6) is 0 Å². The quantitative estimate of drug-likeness (QED) is 0.281. The van der Waals surface area contributed by atoms with E-state index in [2.05, 4.69) is 20.4 Å². The molecule has 1 saturated heterocycles. The molecule has 0 atom stereocenters. The van der Waals surface area contributed by atoms with Crippen LogP contribution in [0, 0.1) is 0 Å². The second kappa shape index (κ2) is 14.9. The third-order valence-corrected chi connectivity index (χ3v) is 3.98. The summed E-state index contributed by atoms with van der Waals surface area (Å²) < 4.78 is 15.7. The minimum atomic E-state index is -0.245. The van der Waals surface area contributed by atoms with Gasteiger partial charge in [-0.2, -0.15) is 0 Å². The third kappa shape index (κ3) is 12.2. The normalized spacial score (nSPS) is 15.8. The number of amides is 1. The van der Waals surface area contributed by atoms with Gasteiger partial charge >= 0.3 is 5.97 Å². The van der Waals surface area contributed by atoms with Crippen molar-refractivity contribution in [2.75, 3.05) is 92.4 Å². The number of ether oxygens (including phenoxy) is 3. The first-order valence-electron chi connectivity index (χ1n) is 9.26. The minimum Gasteiger partial charge on any atom is -0.465 e. The van der Waals surface area contributed by atoms with E-state index in [9.17, 15) is 9.59 Å².